The molecule has 0 aliphatic heterocycles. The van der Waals surface area contributed by atoms with Crippen LogP contribution in [0, 0.1) is 4.84 Å². The van der Waals surface area contributed by atoms with Gasteiger partial charge in [0.05, 0.1) is 11.2 Å². The molecule has 0 radical (unpaired) electrons. The van der Waals surface area contributed by atoms with E-state index in [9.17, 15) is 0 Å². The van der Waals surface area contributed by atoms with Gasteiger partial charge >= 0.3 is 0 Å². The Balaban J connectivity index is 1.84. The number of aromatic amines is 1. The van der Waals surface area contributed by atoms with E-state index in [1.807, 2.05) is 18.2 Å². The molecule has 3 rings (SSSR count). The maximum absolute atomic E-state index is 5.25. The van der Waals surface area contributed by atoms with Crippen LogP contribution in [0.3, 0.4) is 0 Å². The van der Waals surface area contributed by atoms with Gasteiger partial charge in [-0.2, -0.15) is 0 Å². The van der Waals surface area contributed by atoms with Gasteiger partial charge < -0.3 is 4.42 Å². The second kappa shape index (κ2) is 4.83. The summed E-state index contributed by atoms with van der Waals surface area (Å²) in [7, 11) is 0. The Hall–Kier alpha value is -1.79. The lowest BCUT2D eigenvalue weighted by Gasteiger charge is -1.95. The second-order valence-corrected chi connectivity index (χ2v) is 5.18. The fourth-order valence-electron chi connectivity index (χ4n) is 1.60. The van der Waals surface area contributed by atoms with Crippen molar-refractivity contribution in [1.29, 1.82) is 0 Å². The average molecular weight is 275 g/mol. The van der Waals surface area contributed by atoms with Gasteiger partial charge in [-0.25, -0.2) is 10.1 Å². The van der Waals surface area contributed by atoms with E-state index in [4.69, 9.17) is 16.6 Å². The number of nitrogens with zero attached hydrogens (tertiary/aromatic N) is 2. The molecule has 0 aliphatic carbocycles. The van der Waals surface area contributed by atoms with Gasteiger partial charge in [0.1, 0.15) is 4.88 Å². The minimum atomic E-state index is 0.281. The molecule has 0 spiro atoms. The molecule has 0 bridgehead atoms. The Morgan fingerprint density at radius 3 is 2.83 bits per heavy atom. The van der Waals surface area contributed by atoms with E-state index >= 15 is 0 Å². The van der Waals surface area contributed by atoms with Crippen LogP contribution < -0.4 is 0 Å². The topological polar surface area (TPSA) is 54.7 Å². The number of hydrogen-bond acceptors (Lipinski definition) is 5. The summed E-state index contributed by atoms with van der Waals surface area (Å²) in [5, 5.41) is 7.61. The first-order valence-electron chi connectivity index (χ1n) is 5.36. The van der Waals surface area contributed by atoms with E-state index in [1.54, 1.807) is 17.5 Å². The van der Waals surface area contributed by atoms with E-state index in [1.165, 1.54) is 5.56 Å². The minimum Gasteiger partial charge on any atom is -0.408 e. The molecule has 90 valence electrons. The minimum absolute atomic E-state index is 0.281. The molecule has 0 aliphatic rings. The molecule has 0 saturated heterocycles. The first-order chi connectivity index (χ1) is 8.81. The van der Waals surface area contributed by atoms with E-state index < -0.39 is 0 Å². The number of hydrogen-bond donors (Lipinski definition) is 1. The van der Waals surface area contributed by atoms with E-state index in [-0.39, 0.29) is 4.84 Å². The van der Waals surface area contributed by atoms with Gasteiger partial charge in [0.25, 0.3) is 10.7 Å². The lowest BCUT2D eigenvalue weighted by atomic mass is 10.2. The van der Waals surface area contributed by atoms with Gasteiger partial charge in [0.2, 0.25) is 0 Å². The second-order valence-electron chi connectivity index (χ2n) is 3.70. The maximum Gasteiger partial charge on any atom is 0.284 e. The van der Waals surface area contributed by atoms with Gasteiger partial charge in [-0.15, -0.1) is 16.4 Å². The number of aromatic nitrogens is 3. The molecular weight excluding hydrogens is 266 g/mol. The smallest absolute Gasteiger partial charge is 0.284 e. The molecule has 0 amide bonds. The van der Waals surface area contributed by atoms with Crippen LogP contribution in [-0.2, 0) is 6.42 Å². The first kappa shape index (κ1) is 11.3. The zero-order valence-corrected chi connectivity index (χ0v) is 10.9. The Kier molecular flexibility index (Phi) is 3.04. The molecule has 6 heteroatoms. The fourth-order valence-corrected chi connectivity index (χ4v) is 2.60. The molecule has 1 N–H and O–H groups in total. The number of H-pyrrole nitrogens is 1. The van der Waals surface area contributed by atoms with Gasteiger partial charge in [-0.1, -0.05) is 30.3 Å². The summed E-state index contributed by atoms with van der Waals surface area (Å²) in [6.07, 6.45) is 2.58. The standard InChI is InChI=1S/C12H9N3OS2/c17-12-15-14-11(16-12)9-7-13-10(18-9)6-8-4-2-1-3-5-8/h1-5,7H,6H2,(H,15,17). The SMILES string of the molecule is S=c1[nH]nc(-c2cnc(Cc3ccccc3)s2)o1. The van der Waals surface area contributed by atoms with Crippen molar-refractivity contribution in [2.75, 3.05) is 0 Å². The largest absolute Gasteiger partial charge is 0.408 e. The van der Waals surface area contributed by atoms with Crippen molar-refractivity contribution in [2.24, 2.45) is 0 Å². The van der Waals surface area contributed by atoms with E-state index in [0.29, 0.717) is 5.89 Å². The quantitative estimate of drug-likeness (QED) is 0.744. The van der Waals surface area contributed by atoms with Crippen LogP contribution in [0.4, 0.5) is 0 Å². The van der Waals surface area contributed by atoms with Crippen molar-refractivity contribution in [3.63, 3.8) is 0 Å². The summed E-state index contributed by atoms with van der Waals surface area (Å²) < 4.78 is 5.25. The zero-order chi connectivity index (χ0) is 12.4. The molecular formula is C12H9N3OS2. The normalized spacial score (nSPS) is 10.7. The van der Waals surface area contributed by atoms with Crippen molar-refractivity contribution in [3.8, 4) is 10.8 Å². The van der Waals surface area contributed by atoms with Crippen molar-refractivity contribution in [3.05, 3.63) is 51.9 Å². The summed E-state index contributed by atoms with van der Waals surface area (Å²) in [5.41, 5.74) is 1.24. The number of rotatable bonds is 3. The highest BCUT2D eigenvalue weighted by molar-refractivity contribution is 7.71. The van der Waals surface area contributed by atoms with Crippen molar-refractivity contribution in [1.82, 2.24) is 15.2 Å². The van der Waals surface area contributed by atoms with E-state index in [2.05, 4.69) is 27.3 Å². The molecule has 18 heavy (non-hydrogen) atoms. The predicted molar refractivity (Wildman–Crippen MR) is 72.0 cm³/mol. The van der Waals surface area contributed by atoms with Crippen LogP contribution in [0.15, 0.2) is 40.9 Å². The van der Waals surface area contributed by atoms with Crippen LogP contribution in [0.25, 0.3) is 10.8 Å². The molecule has 4 nitrogen and oxygen atoms in total. The zero-order valence-electron chi connectivity index (χ0n) is 9.29. The van der Waals surface area contributed by atoms with Crippen LogP contribution >= 0.6 is 23.6 Å². The van der Waals surface area contributed by atoms with Crippen LogP contribution in [-0.4, -0.2) is 15.2 Å². The third-order valence-electron chi connectivity index (χ3n) is 2.40. The van der Waals surface area contributed by atoms with Crippen molar-refractivity contribution >= 4 is 23.6 Å². The molecule has 2 heterocycles. The van der Waals surface area contributed by atoms with Gasteiger partial charge in [0.15, 0.2) is 0 Å². The first-order valence-corrected chi connectivity index (χ1v) is 6.58. The lowest BCUT2D eigenvalue weighted by molar-refractivity contribution is 0.553. The summed E-state index contributed by atoms with van der Waals surface area (Å²) in [6, 6.07) is 10.2. The van der Waals surface area contributed by atoms with E-state index in [0.717, 1.165) is 16.3 Å². The van der Waals surface area contributed by atoms with Crippen molar-refractivity contribution < 1.29 is 4.42 Å². The molecule has 1 aromatic carbocycles. The average Bonchev–Trinajstić information content (AvgIpc) is 2.99. The lowest BCUT2D eigenvalue weighted by Crippen LogP contribution is -1.84. The molecule has 2 aromatic heterocycles. The monoisotopic (exact) mass is 275 g/mol. The molecule has 0 saturated carbocycles. The molecule has 0 fully saturated rings. The van der Waals surface area contributed by atoms with Crippen LogP contribution in [0.2, 0.25) is 0 Å². The van der Waals surface area contributed by atoms with Gasteiger partial charge in [-0.3, -0.25) is 0 Å². The number of thiazole rings is 1. The summed E-state index contributed by atoms with van der Waals surface area (Å²) in [4.78, 5) is 5.53. The Morgan fingerprint density at radius 2 is 2.11 bits per heavy atom. The highest BCUT2D eigenvalue weighted by Gasteiger charge is 2.09. The van der Waals surface area contributed by atoms with Gasteiger partial charge in [-0.05, 0) is 17.8 Å². The highest BCUT2D eigenvalue weighted by atomic mass is 32.1. The summed E-state index contributed by atoms with van der Waals surface area (Å²) in [6.45, 7) is 0. The van der Waals surface area contributed by atoms with Crippen LogP contribution in [0.1, 0.15) is 10.6 Å². The maximum atomic E-state index is 5.25. The summed E-state index contributed by atoms with van der Waals surface area (Å²) >= 11 is 6.40. The third kappa shape index (κ3) is 2.39. The molecule has 3 aromatic rings. The predicted octanol–water partition coefficient (Wildman–Crippen LogP) is 3.45. The Bertz CT molecular complexity index is 699. The Labute approximate surface area is 112 Å². The Morgan fingerprint density at radius 1 is 1.28 bits per heavy atom. The molecule has 0 atom stereocenters. The fraction of sp³-hybridized carbons (Fsp3) is 0.0833. The third-order valence-corrected chi connectivity index (χ3v) is 3.56. The number of nitrogens with one attached hydrogen (secondary N) is 1. The molecule has 0 unspecified atom stereocenters. The van der Waals surface area contributed by atoms with Crippen molar-refractivity contribution in [2.45, 2.75) is 6.42 Å². The van der Waals surface area contributed by atoms with Crippen LogP contribution in [0.5, 0.6) is 0 Å². The number of benzene rings is 1. The highest BCUT2D eigenvalue weighted by Crippen LogP contribution is 2.25. The summed E-state index contributed by atoms with van der Waals surface area (Å²) in [5.74, 6) is 0.497. The van der Waals surface area contributed by atoms with Gasteiger partial charge in [0, 0.05) is 6.42 Å².